The molecule has 0 amide bonds. The summed E-state index contributed by atoms with van der Waals surface area (Å²) < 4.78 is 12.5. The van der Waals surface area contributed by atoms with Crippen molar-refractivity contribution in [2.45, 2.75) is 103 Å². The first-order chi connectivity index (χ1) is 10.8. The molecule has 0 aromatic heterocycles. The van der Waals surface area contributed by atoms with E-state index in [1.807, 2.05) is 0 Å². The minimum Gasteiger partial charge on any atom is -0.417 e. The van der Waals surface area contributed by atoms with Crippen LogP contribution in [0.1, 0.15) is 72.1 Å². The second-order valence-electron chi connectivity index (χ2n) is 9.07. The lowest BCUT2D eigenvalue weighted by atomic mass is 9.88. The molecule has 2 aliphatic rings. The second-order valence-corrected chi connectivity index (χ2v) is 13.9. The molecule has 0 spiro atoms. The van der Waals surface area contributed by atoms with Crippen LogP contribution in [0.4, 0.5) is 0 Å². The lowest BCUT2D eigenvalue weighted by Gasteiger charge is -2.40. The van der Waals surface area contributed by atoms with Crippen LogP contribution < -0.4 is 5.32 Å². The number of hydrogen-bond donors (Lipinski definition) is 1. The van der Waals surface area contributed by atoms with Crippen LogP contribution in [0.3, 0.4) is 0 Å². The van der Waals surface area contributed by atoms with Crippen LogP contribution in [0.5, 0.6) is 0 Å². The number of ether oxygens (including phenoxy) is 1. The molecule has 2 saturated heterocycles. The normalized spacial score (nSPS) is 29.3. The Morgan fingerprint density at radius 2 is 1.87 bits per heavy atom. The first kappa shape index (κ1) is 19.4. The second kappa shape index (κ2) is 8.46. The van der Waals surface area contributed by atoms with Gasteiger partial charge in [-0.15, -0.1) is 0 Å². The quantitative estimate of drug-likeness (QED) is 0.518. The molecule has 3 nitrogen and oxygen atoms in total. The molecule has 3 atom stereocenters. The fourth-order valence-electron chi connectivity index (χ4n) is 3.46. The van der Waals surface area contributed by atoms with Gasteiger partial charge in [0.2, 0.25) is 0 Å². The number of rotatable bonds is 7. The van der Waals surface area contributed by atoms with Crippen molar-refractivity contribution >= 4 is 8.32 Å². The predicted molar refractivity (Wildman–Crippen MR) is 100 cm³/mol. The molecule has 0 aromatic carbocycles. The Kier molecular flexibility index (Phi) is 7.14. The van der Waals surface area contributed by atoms with Crippen LogP contribution in [-0.2, 0) is 9.16 Å². The summed E-state index contributed by atoms with van der Waals surface area (Å²) in [4.78, 5) is 0. The van der Waals surface area contributed by atoms with Crippen molar-refractivity contribution in [3.05, 3.63) is 0 Å². The van der Waals surface area contributed by atoms with Crippen LogP contribution in [0.15, 0.2) is 0 Å². The molecular formula is C19H39NO2Si. The average molecular weight is 342 g/mol. The van der Waals surface area contributed by atoms with Crippen LogP contribution in [0.25, 0.3) is 0 Å². The van der Waals surface area contributed by atoms with Crippen molar-refractivity contribution < 1.29 is 9.16 Å². The zero-order valence-electron chi connectivity index (χ0n) is 16.1. The fourth-order valence-corrected chi connectivity index (χ4v) is 4.55. The Morgan fingerprint density at radius 3 is 2.61 bits per heavy atom. The molecule has 0 aromatic rings. The van der Waals surface area contributed by atoms with E-state index < -0.39 is 8.32 Å². The Hall–Kier alpha value is 0.0969. The van der Waals surface area contributed by atoms with Gasteiger partial charge in [-0.25, -0.2) is 0 Å². The monoisotopic (exact) mass is 341 g/mol. The highest BCUT2D eigenvalue weighted by molar-refractivity contribution is 6.74. The summed E-state index contributed by atoms with van der Waals surface area (Å²) in [5, 5.41) is 3.88. The van der Waals surface area contributed by atoms with Gasteiger partial charge in [0.15, 0.2) is 8.32 Å². The van der Waals surface area contributed by atoms with Crippen molar-refractivity contribution in [2.75, 3.05) is 13.2 Å². The molecule has 2 fully saturated rings. The highest BCUT2D eigenvalue weighted by Gasteiger charge is 2.36. The van der Waals surface area contributed by atoms with Gasteiger partial charge in [-0.3, -0.25) is 5.32 Å². The topological polar surface area (TPSA) is 30.5 Å². The molecule has 0 bridgehead atoms. The van der Waals surface area contributed by atoms with E-state index in [1.165, 1.54) is 51.4 Å². The zero-order valence-corrected chi connectivity index (χ0v) is 17.1. The summed E-state index contributed by atoms with van der Waals surface area (Å²) >= 11 is 0. The van der Waals surface area contributed by atoms with Gasteiger partial charge in [-0.1, -0.05) is 33.6 Å². The molecule has 136 valence electrons. The minimum atomic E-state index is -1.55. The molecule has 23 heavy (non-hydrogen) atoms. The third kappa shape index (κ3) is 5.84. The smallest absolute Gasteiger partial charge is 0.191 e. The van der Waals surface area contributed by atoms with E-state index in [4.69, 9.17) is 9.16 Å². The number of unbranched alkanes of at least 4 members (excludes halogenated alkanes) is 2. The molecule has 0 radical (unpaired) electrons. The molecular weight excluding hydrogens is 302 g/mol. The largest absolute Gasteiger partial charge is 0.417 e. The van der Waals surface area contributed by atoms with Gasteiger partial charge >= 0.3 is 0 Å². The Bertz CT molecular complexity index is 354. The SMILES string of the molecule is CC(C)(C)[Si](C)(C)OCCCCC[C@@H]1CC[C@@H]2CCCN[C@@H]2O1. The highest BCUT2D eigenvalue weighted by Crippen LogP contribution is 2.36. The van der Waals surface area contributed by atoms with Crippen molar-refractivity contribution in [3.63, 3.8) is 0 Å². The number of piperidine rings is 1. The summed E-state index contributed by atoms with van der Waals surface area (Å²) in [7, 11) is -1.55. The highest BCUT2D eigenvalue weighted by atomic mass is 28.4. The maximum atomic E-state index is 6.26. The van der Waals surface area contributed by atoms with Gasteiger partial charge in [0.1, 0.15) is 6.23 Å². The van der Waals surface area contributed by atoms with Gasteiger partial charge in [0.25, 0.3) is 0 Å². The third-order valence-electron chi connectivity index (χ3n) is 6.16. The van der Waals surface area contributed by atoms with Crippen molar-refractivity contribution in [1.29, 1.82) is 0 Å². The van der Waals surface area contributed by atoms with Crippen LogP contribution in [0, 0.1) is 5.92 Å². The number of nitrogens with one attached hydrogen (secondary N) is 1. The average Bonchev–Trinajstić information content (AvgIpc) is 2.49. The first-order valence-electron chi connectivity index (χ1n) is 9.82. The molecule has 0 aliphatic carbocycles. The predicted octanol–water partition coefficient (Wildman–Crippen LogP) is 5.07. The van der Waals surface area contributed by atoms with Crippen LogP contribution in [0.2, 0.25) is 18.1 Å². The Balaban J connectivity index is 1.54. The Morgan fingerprint density at radius 1 is 1.09 bits per heavy atom. The van der Waals surface area contributed by atoms with Crippen molar-refractivity contribution in [1.82, 2.24) is 5.32 Å². The lowest BCUT2D eigenvalue weighted by molar-refractivity contribution is -0.113. The van der Waals surface area contributed by atoms with E-state index in [2.05, 4.69) is 39.2 Å². The standard InChI is InChI=1S/C19H39NO2Si/c1-19(2,3)23(4,5)21-15-8-6-7-11-17-13-12-16-10-9-14-20-18(16)22-17/h16-18,20H,6-15H2,1-5H3/t16-,17+,18+/m0/s1. The molecule has 1 N–H and O–H groups in total. The molecule has 2 rings (SSSR count). The summed E-state index contributed by atoms with van der Waals surface area (Å²) in [6, 6.07) is 0. The molecule has 0 unspecified atom stereocenters. The molecule has 4 heteroatoms. The van der Waals surface area contributed by atoms with E-state index in [9.17, 15) is 0 Å². The molecule has 2 heterocycles. The lowest BCUT2D eigenvalue weighted by Crippen LogP contribution is -2.48. The van der Waals surface area contributed by atoms with Gasteiger partial charge < -0.3 is 9.16 Å². The number of hydrogen-bond acceptors (Lipinski definition) is 3. The van der Waals surface area contributed by atoms with E-state index in [-0.39, 0.29) is 0 Å². The van der Waals surface area contributed by atoms with E-state index >= 15 is 0 Å². The van der Waals surface area contributed by atoms with E-state index in [1.54, 1.807) is 0 Å². The number of fused-ring (bicyclic) bond motifs is 1. The maximum absolute atomic E-state index is 6.26. The fraction of sp³-hybridized carbons (Fsp3) is 1.00. The van der Waals surface area contributed by atoms with Crippen LogP contribution >= 0.6 is 0 Å². The van der Waals surface area contributed by atoms with Crippen LogP contribution in [-0.4, -0.2) is 33.8 Å². The van der Waals surface area contributed by atoms with Crippen molar-refractivity contribution in [3.8, 4) is 0 Å². The van der Waals surface area contributed by atoms with E-state index in [0.29, 0.717) is 17.4 Å². The summed E-state index contributed by atoms with van der Waals surface area (Å²) in [5.74, 6) is 0.776. The summed E-state index contributed by atoms with van der Waals surface area (Å²) in [6.07, 6.45) is 11.1. The maximum Gasteiger partial charge on any atom is 0.191 e. The third-order valence-corrected chi connectivity index (χ3v) is 10.7. The van der Waals surface area contributed by atoms with E-state index in [0.717, 1.165) is 19.1 Å². The molecule has 2 aliphatic heterocycles. The Labute approximate surface area is 145 Å². The van der Waals surface area contributed by atoms with Gasteiger partial charge in [0, 0.05) is 6.61 Å². The van der Waals surface area contributed by atoms with Crippen molar-refractivity contribution in [2.24, 2.45) is 5.92 Å². The first-order valence-corrected chi connectivity index (χ1v) is 12.7. The summed E-state index contributed by atoms with van der Waals surface area (Å²) in [6.45, 7) is 13.7. The molecule has 0 saturated carbocycles. The zero-order chi connectivity index (χ0) is 16.9. The minimum absolute atomic E-state index is 0.326. The summed E-state index contributed by atoms with van der Waals surface area (Å²) in [5.41, 5.74) is 0. The van der Waals surface area contributed by atoms with Gasteiger partial charge in [-0.2, -0.15) is 0 Å². The van der Waals surface area contributed by atoms with Gasteiger partial charge in [0.05, 0.1) is 6.10 Å². The van der Waals surface area contributed by atoms with Gasteiger partial charge in [-0.05, 0) is 69.1 Å².